The molecular formula is C19H20Cl2N4O4S. The summed E-state index contributed by atoms with van der Waals surface area (Å²) in [7, 11) is -4.67. The maximum Gasteiger partial charge on any atom is 0.394 e. The molecule has 0 saturated carbocycles. The number of hydrogen-bond acceptors (Lipinski definition) is 6. The second kappa shape index (κ2) is 10.6. The third-order valence-electron chi connectivity index (χ3n) is 3.96. The molecule has 0 atom stereocenters. The third-order valence-corrected chi connectivity index (χ3v) is 4.70. The number of nitrogens with zero attached hydrogens (tertiary/aromatic N) is 2. The van der Waals surface area contributed by atoms with Gasteiger partial charge in [-0.2, -0.15) is 13.4 Å². The smallest absolute Gasteiger partial charge is 0.383 e. The zero-order chi connectivity index (χ0) is 22.3. The van der Waals surface area contributed by atoms with Crippen LogP contribution in [0.3, 0.4) is 0 Å². The van der Waals surface area contributed by atoms with Gasteiger partial charge in [0.15, 0.2) is 0 Å². The highest BCUT2D eigenvalue weighted by atomic mass is 35.5. The van der Waals surface area contributed by atoms with Crippen molar-refractivity contribution in [1.82, 2.24) is 9.97 Å². The quantitative estimate of drug-likeness (QED) is 0.405. The van der Waals surface area contributed by atoms with Crippen LogP contribution >= 0.6 is 23.2 Å². The van der Waals surface area contributed by atoms with Gasteiger partial charge in [-0.25, -0.2) is 4.98 Å². The SMILES string of the molecule is Nc1nc(N)c(-c2ccc(Cl)c(Cl)c2)c(CCCc2ccccc2)n1.O=S(=O)(O)O. The molecule has 0 spiro atoms. The van der Waals surface area contributed by atoms with Crippen LogP contribution in [-0.4, -0.2) is 27.5 Å². The Bertz CT molecular complexity index is 1110. The normalized spacial score (nSPS) is 10.9. The average molecular weight is 471 g/mol. The number of aryl methyl sites for hydroxylation is 2. The summed E-state index contributed by atoms with van der Waals surface area (Å²) in [5, 5.41) is 0.955. The van der Waals surface area contributed by atoms with Crippen LogP contribution in [0.25, 0.3) is 11.1 Å². The van der Waals surface area contributed by atoms with Crippen LogP contribution in [-0.2, 0) is 23.2 Å². The first-order valence-electron chi connectivity index (χ1n) is 8.65. The Kier molecular flexibility index (Phi) is 8.39. The van der Waals surface area contributed by atoms with Crippen molar-refractivity contribution in [3.63, 3.8) is 0 Å². The van der Waals surface area contributed by atoms with Crippen molar-refractivity contribution >= 4 is 45.4 Å². The van der Waals surface area contributed by atoms with E-state index in [0.29, 0.717) is 15.9 Å². The minimum absolute atomic E-state index is 0.177. The van der Waals surface area contributed by atoms with E-state index in [9.17, 15) is 0 Å². The molecule has 6 N–H and O–H groups in total. The molecule has 0 saturated heterocycles. The Hall–Kier alpha value is -2.43. The summed E-state index contributed by atoms with van der Waals surface area (Å²) < 4.78 is 31.6. The molecule has 0 bridgehead atoms. The fourth-order valence-corrected chi connectivity index (χ4v) is 3.10. The van der Waals surface area contributed by atoms with Gasteiger partial charge < -0.3 is 11.5 Å². The Morgan fingerprint density at radius 2 is 1.53 bits per heavy atom. The van der Waals surface area contributed by atoms with Crippen molar-refractivity contribution in [2.24, 2.45) is 0 Å². The highest BCUT2D eigenvalue weighted by molar-refractivity contribution is 7.79. The maximum absolute atomic E-state index is 8.74. The van der Waals surface area contributed by atoms with Gasteiger partial charge in [-0.15, -0.1) is 0 Å². The number of rotatable bonds is 5. The molecule has 11 heteroatoms. The lowest BCUT2D eigenvalue weighted by Crippen LogP contribution is -2.07. The van der Waals surface area contributed by atoms with Gasteiger partial charge in [0, 0.05) is 5.56 Å². The molecule has 8 nitrogen and oxygen atoms in total. The number of halogens is 2. The average Bonchev–Trinajstić information content (AvgIpc) is 2.63. The van der Waals surface area contributed by atoms with Gasteiger partial charge >= 0.3 is 10.4 Å². The van der Waals surface area contributed by atoms with E-state index in [0.717, 1.165) is 36.1 Å². The summed E-state index contributed by atoms with van der Waals surface area (Å²) in [6, 6.07) is 15.7. The topological polar surface area (TPSA) is 152 Å². The van der Waals surface area contributed by atoms with E-state index in [1.165, 1.54) is 5.56 Å². The summed E-state index contributed by atoms with van der Waals surface area (Å²) in [6.07, 6.45) is 2.61. The van der Waals surface area contributed by atoms with Gasteiger partial charge in [-0.05, 0) is 42.5 Å². The largest absolute Gasteiger partial charge is 0.394 e. The van der Waals surface area contributed by atoms with Crippen LogP contribution in [0.15, 0.2) is 48.5 Å². The van der Waals surface area contributed by atoms with Crippen molar-refractivity contribution < 1.29 is 17.5 Å². The van der Waals surface area contributed by atoms with Crippen LogP contribution in [0.4, 0.5) is 11.8 Å². The monoisotopic (exact) mass is 470 g/mol. The molecule has 2 aromatic carbocycles. The molecule has 0 aliphatic rings. The molecule has 0 fully saturated rings. The Labute approximate surface area is 184 Å². The third kappa shape index (κ3) is 7.77. The molecule has 3 rings (SSSR count). The first-order valence-corrected chi connectivity index (χ1v) is 10.8. The Morgan fingerprint density at radius 3 is 2.13 bits per heavy atom. The molecular weight excluding hydrogens is 451 g/mol. The molecule has 0 radical (unpaired) electrons. The summed E-state index contributed by atoms with van der Waals surface area (Å²) in [4.78, 5) is 8.50. The summed E-state index contributed by atoms with van der Waals surface area (Å²) in [5.41, 5.74) is 15.6. The van der Waals surface area contributed by atoms with Gasteiger partial charge in [-0.3, -0.25) is 9.11 Å². The van der Waals surface area contributed by atoms with Gasteiger partial charge in [0.05, 0.1) is 15.7 Å². The fourth-order valence-electron chi connectivity index (χ4n) is 2.80. The number of benzene rings is 2. The van der Waals surface area contributed by atoms with Crippen molar-refractivity contribution in [1.29, 1.82) is 0 Å². The lowest BCUT2D eigenvalue weighted by Gasteiger charge is -2.13. The number of nitrogens with two attached hydrogens (primary N) is 2. The van der Waals surface area contributed by atoms with E-state index < -0.39 is 10.4 Å². The van der Waals surface area contributed by atoms with E-state index in [1.54, 1.807) is 12.1 Å². The zero-order valence-corrected chi connectivity index (χ0v) is 18.0. The zero-order valence-electron chi connectivity index (χ0n) is 15.7. The van der Waals surface area contributed by atoms with Crippen molar-refractivity contribution in [2.45, 2.75) is 19.3 Å². The second-order valence-electron chi connectivity index (χ2n) is 6.20. The lowest BCUT2D eigenvalue weighted by molar-refractivity contribution is 0.381. The molecule has 0 aliphatic carbocycles. The van der Waals surface area contributed by atoms with E-state index in [4.69, 9.17) is 52.2 Å². The molecule has 0 aliphatic heterocycles. The Balaban J connectivity index is 0.000000575. The molecule has 1 heterocycles. The van der Waals surface area contributed by atoms with Gasteiger partial charge in [0.25, 0.3) is 0 Å². The molecule has 160 valence electrons. The minimum Gasteiger partial charge on any atom is -0.383 e. The number of anilines is 2. The van der Waals surface area contributed by atoms with Gasteiger partial charge in [0.1, 0.15) is 5.82 Å². The first-order chi connectivity index (χ1) is 14.0. The standard InChI is InChI=1S/C19H18Cl2N4.H2O4S/c20-14-10-9-13(11-15(14)21)17-16(24-19(23)25-18(17)22)8-4-7-12-5-2-1-3-6-12;1-5(2,3)4/h1-3,5-6,9-11H,4,7-8H2,(H4,22,23,24,25);(H2,1,2,3,4). The van der Waals surface area contributed by atoms with Gasteiger partial charge in [-0.1, -0.05) is 59.6 Å². The van der Waals surface area contributed by atoms with Gasteiger partial charge in [0.2, 0.25) is 5.95 Å². The minimum atomic E-state index is -4.67. The Morgan fingerprint density at radius 1 is 0.900 bits per heavy atom. The number of aromatic nitrogens is 2. The first kappa shape index (κ1) is 23.8. The summed E-state index contributed by atoms with van der Waals surface area (Å²) in [6.45, 7) is 0. The second-order valence-corrected chi connectivity index (χ2v) is 7.91. The van der Waals surface area contributed by atoms with Crippen molar-refractivity contribution in [2.75, 3.05) is 11.5 Å². The highest BCUT2D eigenvalue weighted by Gasteiger charge is 2.14. The van der Waals surface area contributed by atoms with Crippen LogP contribution < -0.4 is 11.5 Å². The van der Waals surface area contributed by atoms with Crippen LogP contribution in [0.5, 0.6) is 0 Å². The number of nitrogen functional groups attached to an aromatic ring is 2. The van der Waals surface area contributed by atoms with Crippen LogP contribution in [0, 0.1) is 0 Å². The molecule has 30 heavy (non-hydrogen) atoms. The fraction of sp³-hybridized carbons (Fsp3) is 0.158. The van der Waals surface area contributed by atoms with Crippen molar-refractivity contribution in [3.8, 4) is 11.1 Å². The highest BCUT2D eigenvalue weighted by Crippen LogP contribution is 2.33. The predicted molar refractivity (Wildman–Crippen MR) is 119 cm³/mol. The lowest BCUT2D eigenvalue weighted by atomic mass is 10.00. The summed E-state index contributed by atoms with van der Waals surface area (Å²) in [5.74, 6) is 0.525. The predicted octanol–water partition coefficient (Wildman–Crippen LogP) is 4.14. The molecule has 1 aromatic heterocycles. The van der Waals surface area contributed by atoms with Crippen LogP contribution in [0.2, 0.25) is 10.0 Å². The van der Waals surface area contributed by atoms with E-state index >= 15 is 0 Å². The van der Waals surface area contributed by atoms with Crippen molar-refractivity contribution in [3.05, 3.63) is 69.8 Å². The van der Waals surface area contributed by atoms with E-state index in [1.807, 2.05) is 24.3 Å². The van der Waals surface area contributed by atoms with E-state index in [2.05, 4.69) is 22.1 Å². The summed E-state index contributed by atoms with van der Waals surface area (Å²) >= 11 is 12.2. The molecule has 0 amide bonds. The molecule has 3 aromatic rings. The maximum atomic E-state index is 8.74. The molecule has 0 unspecified atom stereocenters. The van der Waals surface area contributed by atoms with E-state index in [-0.39, 0.29) is 5.95 Å². The number of hydrogen-bond donors (Lipinski definition) is 4. The van der Waals surface area contributed by atoms with Crippen LogP contribution in [0.1, 0.15) is 17.7 Å².